The van der Waals surface area contributed by atoms with Gasteiger partial charge in [-0.2, -0.15) is 0 Å². The summed E-state index contributed by atoms with van der Waals surface area (Å²) in [4.78, 5) is 12.8. The number of aliphatic hydroxyl groups is 1. The summed E-state index contributed by atoms with van der Waals surface area (Å²) in [6.07, 6.45) is 0. The summed E-state index contributed by atoms with van der Waals surface area (Å²) in [5.74, 6) is -0.259. The Morgan fingerprint density at radius 3 is 1.63 bits per heavy atom. The van der Waals surface area contributed by atoms with Gasteiger partial charge in [-0.25, -0.2) is 0 Å². The summed E-state index contributed by atoms with van der Waals surface area (Å²) in [5.41, 5.74) is -1.53. The van der Waals surface area contributed by atoms with Gasteiger partial charge < -0.3 is 15.0 Å². The van der Waals surface area contributed by atoms with Gasteiger partial charge in [-0.1, -0.05) is 78.9 Å². The Morgan fingerprint density at radius 2 is 1.23 bits per heavy atom. The van der Waals surface area contributed by atoms with Crippen LogP contribution in [0.4, 0.5) is 0 Å². The highest BCUT2D eigenvalue weighted by molar-refractivity contribution is 7.79. The normalized spacial score (nSPS) is 14.0. The monoisotopic (exact) mass is 421 g/mol. The van der Waals surface area contributed by atoms with Crippen LogP contribution < -0.4 is 15.9 Å². The second-order valence-electron chi connectivity index (χ2n) is 8.06. The van der Waals surface area contributed by atoms with Crippen molar-refractivity contribution in [1.82, 2.24) is 5.32 Å². The van der Waals surface area contributed by atoms with Crippen LogP contribution >= 0.6 is 7.14 Å². The Labute approximate surface area is 178 Å². The summed E-state index contributed by atoms with van der Waals surface area (Å²) in [6, 6.07) is 26.8. The molecule has 0 saturated carbocycles. The van der Waals surface area contributed by atoms with E-state index in [1.807, 2.05) is 73.7 Å². The summed E-state index contributed by atoms with van der Waals surface area (Å²) >= 11 is 0. The average molecular weight is 421 g/mol. The lowest BCUT2D eigenvalue weighted by molar-refractivity contribution is 0.0628. The van der Waals surface area contributed by atoms with Crippen molar-refractivity contribution in [1.29, 1.82) is 0 Å². The number of hydrogen-bond donors (Lipinski definition) is 2. The van der Waals surface area contributed by atoms with Crippen molar-refractivity contribution in [3.8, 4) is 0 Å². The van der Waals surface area contributed by atoms with Crippen LogP contribution in [0.2, 0.25) is 0 Å². The molecule has 2 atom stereocenters. The van der Waals surface area contributed by atoms with Gasteiger partial charge in [-0.3, -0.25) is 4.79 Å². The maximum atomic E-state index is 14.8. The molecule has 0 heterocycles. The Hall–Kier alpha value is -2.68. The minimum absolute atomic E-state index is 0.259. The van der Waals surface area contributed by atoms with Crippen LogP contribution in [0.25, 0.3) is 0 Å². The molecule has 0 unspecified atom stereocenters. The van der Waals surface area contributed by atoms with Crippen LogP contribution in [-0.4, -0.2) is 28.3 Å². The van der Waals surface area contributed by atoms with E-state index in [1.165, 1.54) is 0 Å². The molecule has 0 aromatic heterocycles. The first kappa shape index (κ1) is 22.0. The van der Waals surface area contributed by atoms with Gasteiger partial charge in [0, 0.05) is 22.2 Å². The van der Waals surface area contributed by atoms with Gasteiger partial charge in [0.25, 0.3) is 5.91 Å². The first-order valence-corrected chi connectivity index (χ1v) is 11.8. The summed E-state index contributed by atoms with van der Waals surface area (Å²) in [6.45, 7) is 5.12. The van der Waals surface area contributed by atoms with E-state index in [9.17, 15) is 14.5 Å². The molecule has 0 spiro atoms. The van der Waals surface area contributed by atoms with Crippen molar-refractivity contribution >= 4 is 23.7 Å². The second kappa shape index (κ2) is 8.99. The van der Waals surface area contributed by atoms with Crippen molar-refractivity contribution < 1.29 is 14.5 Å². The molecule has 0 aliphatic rings. The molecule has 30 heavy (non-hydrogen) atoms. The number of nitrogens with one attached hydrogen (secondary N) is 1. The zero-order valence-electron chi connectivity index (χ0n) is 17.5. The Morgan fingerprint density at radius 1 is 0.833 bits per heavy atom. The van der Waals surface area contributed by atoms with E-state index in [4.69, 9.17) is 0 Å². The molecule has 0 aliphatic carbocycles. The lowest BCUT2D eigenvalue weighted by Crippen LogP contribution is -2.53. The lowest BCUT2D eigenvalue weighted by Gasteiger charge is -2.40. The number of benzene rings is 3. The Bertz CT molecular complexity index is 971. The predicted molar refractivity (Wildman–Crippen MR) is 123 cm³/mol. The molecule has 5 heteroatoms. The van der Waals surface area contributed by atoms with Crippen LogP contribution in [0.5, 0.6) is 0 Å². The maximum Gasteiger partial charge on any atom is 0.251 e. The second-order valence-corrected chi connectivity index (χ2v) is 11.0. The highest BCUT2D eigenvalue weighted by atomic mass is 31.2. The SMILES string of the molecule is C[C@H](NC(=O)c1ccccc1)[C@@H](C(C)(C)O)P(=O)(c1ccccc1)c1ccccc1. The molecular formula is C25H28NO3P. The molecule has 1 amide bonds. The van der Waals surface area contributed by atoms with Crippen LogP contribution in [-0.2, 0) is 4.57 Å². The molecule has 0 aliphatic heterocycles. The van der Waals surface area contributed by atoms with Crippen LogP contribution in [0.1, 0.15) is 31.1 Å². The fourth-order valence-electron chi connectivity index (χ4n) is 4.10. The van der Waals surface area contributed by atoms with Crippen molar-refractivity contribution in [3.05, 3.63) is 96.6 Å². The molecular weight excluding hydrogens is 393 g/mol. The number of carbonyl (C=O) groups excluding carboxylic acids is 1. The molecule has 2 N–H and O–H groups in total. The van der Waals surface area contributed by atoms with Gasteiger partial charge in [0.2, 0.25) is 0 Å². The molecule has 0 saturated heterocycles. The third kappa shape index (κ3) is 4.56. The highest BCUT2D eigenvalue weighted by Crippen LogP contribution is 2.53. The summed E-state index contributed by atoms with van der Waals surface area (Å²) in [7, 11) is -3.32. The fourth-order valence-corrected chi connectivity index (χ4v) is 7.86. The van der Waals surface area contributed by atoms with Crippen molar-refractivity contribution in [2.75, 3.05) is 0 Å². The minimum atomic E-state index is -3.32. The third-order valence-corrected chi connectivity index (χ3v) is 9.26. The zero-order chi connectivity index (χ0) is 21.8. The molecule has 3 aromatic rings. The molecule has 3 aromatic carbocycles. The average Bonchev–Trinajstić information content (AvgIpc) is 2.74. The molecule has 0 radical (unpaired) electrons. The number of amides is 1. The summed E-state index contributed by atoms with van der Waals surface area (Å²) in [5, 5.41) is 15.5. The van der Waals surface area contributed by atoms with Crippen molar-refractivity contribution in [2.24, 2.45) is 0 Å². The fraction of sp³-hybridized carbons (Fsp3) is 0.240. The van der Waals surface area contributed by atoms with Gasteiger partial charge in [-0.05, 0) is 32.9 Å². The first-order valence-electron chi connectivity index (χ1n) is 10.0. The zero-order valence-corrected chi connectivity index (χ0v) is 18.4. The van der Waals surface area contributed by atoms with Crippen molar-refractivity contribution in [3.63, 3.8) is 0 Å². The van der Waals surface area contributed by atoms with Gasteiger partial charge in [0.05, 0.1) is 11.3 Å². The van der Waals surface area contributed by atoms with E-state index in [1.54, 1.807) is 38.1 Å². The van der Waals surface area contributed by atoms with Gasteiger partial charge in [0.15, 0.2) is 7.14 Å². The van der Waals surface area contributed by atoms with E-state index in [2.05, 4.69) is 5.32 Å². The van der Waals surface area contributed by atoms with Gasteiger partial charge in [0.1, 0.15) is 0 Å². The van der Waals surface area contributed by atoms with E-state index >= 15 is 0 Å². The number of rotatable bonds is 7. The third-order valence-electron chi connectivity index (χ3n) is 5.26. The van der Waals surface area contributed by atoms with E-state index in [0.717, 1.165) is 0 Å². The van der Waals surface area contributed by atoms with Crippen LogP contribution in [0, 0.1) is 0 Å². The highest BCUT2D eigenvalue weighted by Gasteiger charge is 2.48. The lowest BCUT2D eigenvalue weighted by atomic mass is 9.99. The minimum Gasteiger partial charge on any atom is -0.390 e. The molecule has 4 nitrogen and oxygen atoms in total. The quantitative estimate of drug-likeness (QED) is 0.568. The largest absolute Gasteiger partial charge is 0.390 e. The van der Waals surface area contributed by atoms with Crippen LogP contribution in [0.15, 0.2) is 91.0 Å². The smallest absolute Gasteiger partial charge is 0.251 e. The van der Waals surface area contributed by atoms with Gasteiger partial charge >= 0.3 is 0 Å². The Kier molecular flexibility index (Phi) is 6.60. The number of carbonyl (C=O) groups is 1. The van der Waals surface area contributed by atoms with Crippen molar-refractivity contribution in [2.45, 2.75) is 38.1 Å². The topological polar surface area (TPSA) is 66.4 Å². The van der Waals surface area contributed by atoms with E-state index < -0.39 is 24.4 Å². The molecule has 0 bridgehead atoms. The molecule has 3 rings (SSSR count). The van der Waals surface area contributed by atoms with E-state index in [-0.39, 0.29) is 5.91 Å². The number of hydrogen-bond acceptors (Lipinski definition) is 3. The molecule has 156 valence electrons. The predicted octanol–water partition coefficient (Wildman–Crippen LogP) is 3.96. The first-order chi connectivity index (χ1) is 14.2. The molecule has 0 fully saturated rings. The standard InChI is InChI=1S/C25H28NO3P/c1-19(26-24(27)20-13-7-4-8-14-20)23(25(2,3)28)30(29,21-15-9-5-10-16-21)22-17-11-6-12-18-22/h4-19,23,28H,1-3H3,(H,26,27)/t19-,23-/m0/s1. The maximum absolute atomic E-state index is 14.8. The van der Waals surface area contributed by atoms with Crippen LogP contribution in [0.3, 0.4) is 0 Å². The van der Waals surface area contributed by atoms with E-state index in [0.29, 0.717) is 16.2 Å². The Balaban J connectivity index is 2.09. The summed E-state index contributed by atoms with van der Waals surface area (Å²) < 4.78 is 14.8. The van der Waals surface area contributed by atoms with Gasteiger partial charge in [-0.15, -0.1) is 0 Å².